The number of rotatable bonds is 26. The van der Waals surface area contributed by atoms with E-state index in [1.807, 2.05) is 35.8 Å². The van der Waals surface area contributed by atoms with Gasteiger partial charge in [0.25, 0.3) is 0 Å². The average Bonchev–Trinajstić information content (AvgIpc) is 3.77. The number of benzene rings is 2. The SMILES string of the molecule is Cc1sc2c(c1C)C(c1ccc(Cl)cc1)=N[C@@H](CC(=O)Nc1ccc(OCCOCCOCCNC(=O)C(CCCNC(=N)N)NC(=O)C(CCCNC(=N)N)NC(=O)O)cc1)c1nnc(C)n1-2. The minimum atomic E-state index is -1.41. The Morgan fingerprint density at radius 3 is 2.06 bits per heavy atom. The number of aromatic nitrogens is 3. The van der Waals surface area contributed by atoms with Crippen molar-refractivity contribution in [3.8, 4) is 10.8 Å². The zero-order chi connectivity index (χ0) is 49.2. The van der Waals surface area contributed by atoms with E-state index in [1.165, 1.54) is 0 Å². The molecule has 4 amide bonds. The Bertz CT molecular complexity index is 2410. The summed E-state index contributed by atoms with van der Waals surface area (Å²) in [4.78, 5) is 57.3. The highest BCUT2D eigenvalue weighted by molar-refractivity contribution is 7.15. The van der Waals surface area contributed by atoms with Crippen LogP contribution in [0.5, 0.6) is 5.75 Å². The lowest BCUT2D eigenvalue weighted by Crippen LogP contribution is -2.54. The van der Waals surface area contributed by atoms with Crippen molar-refractivity contribution < 1.29 is 38.5 Å². The second kappa shape index (κ2) is 25.9. The zero-order valence-corrected chi connectivity index (χ0v) is 39.7. The highest BCUT2D eigenvalue weighted by atomic mass is 35.5. The summed E-state index contributed by atoms with van der Waals surface area (Å²) in [5.74, 6) is -0.0561. The van der Waals surface area contributed by atoms with Crippen molar-refractivity contribution in [2.24, 2.45) is 16.5 Å². The third-order valence-electron chi connectivity index (χ3n) is 10.5. The molecule has 0 bridgehead atoms. The molecule has 2 aromatic heterocycles. The summed E-state index contributed by atoms with van der Waals surface area (Å²) in [6.07, 6.45) is -0.430. The zero-order valence-electron chi connectivity index (χ0n) is 38.1. The summed E-state index contributed by atoms with van der Waals surface area (Å²) in [5, 5.41) is 50.0. The normalized spacial score (nSPS) is 13.6. The van der Waals surface area contributed by atoms with Crippen molar-refractivity contribution in [1.82, 2.24) is 41.3 Å². The second-order valence-corrected chi connectivity index (χ2v) is 17.2. The van der Waals surface area contributed by atoms with Gasteiger partial charge in [-0.15, -0.1) is 21.5 Å². The van der Waals surface area contributed by atoms with E-state index in [1.54, 1.807) is 35.6 Å². The maximum atomic E-state index is 13.5. The monoisotopic (exact) mass is 978 g/mol. The largest absolute Gasteiger partial charge is 0.491 e. The van der Waals surface area contributed by atoms with Crippen LogP contribution in [0.3, 0.4) is 0 Å². The molecule has 0 radical (unpaired) electrons. The Morgan fingerprint density at radius 1 is 0.809 bits per heavy atom. The number of halogens is 1. The number of nitrogens with two attached hydrogens (primary N) is 2. The second-order valence-electron chi connectivity index (χ2n) is 15.6. The number of carbonyl (C=O) groups is 4. The van der Waals surface area contributed by atoms with E-state index in [0.29, 0.717) is 40.9 Å². The predicted octanol–water partition coefficient (Wildman–Crippen LogP) is 3.00. The number of anilines is 1. The molecule has 0 saturated carbocycles. The highest BCUT2D eigenvalue weighted by Gasteiger charge is 2.33. The first kappa shape index (κ1) is 52.2. The molecule has 366 valence electrons. The number of nitrogens with one attached hydrogen (secondary N) is 8. The Morgan fingerprint density at radius 2 is 1.43 bits per heavy atom. The van der Waals surface area contributed by atoms with Gasteiger partial charge in [-0.2, -0.15) is 0 Å². The molecule has 0 saturated heterocycles. The number of aryl methyl sites for hydroxylation is 2. The van der Waals surface area contributed by atoms with Crippen LogP contribution in [0, 0.1) is 31.6 Å². The van der Waals surface area contributed by atoms with Gasteiger partial charge >= 0.3 is 6.09 Å². The molecule has 1 aliphatic rings. The molecular weight excluding hydrogens is 920 g/mol. The molecule has 68 heavy (non-hydrogen) atoms. The maximum Gasteiger partial charge on any atom is 0.405 e. The topological polar surface area (TPSA) is 331 Å². The third kappa shape index (κ3) is 15.6. The molecule has 13 N–H and O–H groups in total. The number of ether oxygens (including phenoxy) is 3. The predicted molar refractivity (Wildman–Crippen MR) is 258 cm³/mol. The Hall–Kier alpha value is -6.82. The van der Waals surface area contributed by atoms with Gasteiger partial charge in [-0.05, 0) is 88.4 Å². The molecule has 0 fully saturated rings. The fourth-order valence-corrected chi connectivity index (χ4v) is 8.42. The molecule has 4 aromatic rings. The smallest absolute Gasteiger partial charge is 0.405 e. The average molecular weight is 980 g/mol. The minimum absolute atomic E-state index is 0.0267. The van der Waals surface area contributed by atoms with Crippen LogP contribution < -0.4 is 48.1 Å². The molecule has 1 aliphatic heterocycles. The first-order valence-electron chi connectivity index (χ1n) is 21.9. The van der Waals surface area contributed by atoms with E-state index in [4.69, 9.17) is 53.1 Å². The lowest BCUT2D eigenvalue weighted by Gasteiger charge is -2.23. The van der Waals surface area contributed by atoms with Crippen molar-refractivity contribution in [3.63, 3.8) is 0 Å². The lowest BCUT2D eigenvalue weighted by molar-refractivity contribution is -0.130. The first-order chi connectivity index (χ1) is 32.6. The number of nitrogens with zero attached hydrogens (tertiary/aromatic N) is 4. The quantitative estimate of drug-likeness (QED) is 0.0245. The number of amides is 4. The summed E-state index contributed by atoms with van der Waals surface area (Å²) in [6.45, 7) is 7.89. The first-order valence-corrected chi connectivity index (χ1v) is 23.1. The summed E-state index contributed by atoms with van der Waals surface area (Å²) in [7, 11) is 0. The number of hydrogen-bond acceptors (Lipinski definition) is 13. The maximum absolute atomic E-state index is 13.5. The van der Waals surface area contributed by atoms with Crippen LogP contribution in [-0.2, 0) is 23.9 Å². The van der Waals surface area contributed by atoms with Crippen LogP contribution in [0.2, 0.25) is 5.02 Å². The van der Waals surface area contributed by atoms with Crippen LogP contribution in [0.1, 0.15) is 71.4 Å². The van der Waals surface area contributed by atoms with E-state index >= 15 is 0 Å². The number of thiophene rings is 1. The van der Waals surface area contributed by atoms with E-state index in [9.17, 15) is 24.3 Å². The number of fused-ring (bicyclic) bond motifs is 3. The molecule has 2 aromatic carbocycles. The third-order valence-corrected chi connectivity index (χ3v) is 11.9. The summed E-state index contributed by atoms with van der Waals surface area (Å²) >= 11 is 7.88. The van der Waals surface area contributed by atoms with Crippen LogP contribution >= 0.6 is 22.9 Å². The molecule has 24 heteroatoms. The van der Waals surface area contributed by atoms with Crippen LogP contribution in [0.25, 0.3) is 5.00 Å². The summed E-state index contributed by atoms with van der Waals surface area (Å²) in [6, 6.07) is 11.7. The van der Waals surface area contributed by atoms with E-state index in [-0.39, 0.29) is 89.8 Å². The van der Waals surface area contributed by atoms with Gasteiger partial charge in [-0.25, -0.2) is 4.79 Å². The van der Waals surface area contributed by atoms with Gasteiger partial charge in [-0.3, -0.25) is 34.8 Å². The van der Waals surface area contributed by atoms with Crippen LogP contribution in [-0.4, -0.2) is 126 Å². The molecule has 5 rings (SSSR count). The van der Waals surface area contributed by atoms with Gasteiger partial charge in [0, 0.05) is 46.3 Å². The summed E-state index contributed by atoms with van der Waals surface area (Å²) < 4.78 is 19.0. The summed E-state index contributed by atoms with van der Waals surface area (Å²) in [5.41, 5.74) is 14.9. The number of hydrogen-bond donors (Lipinski definition) is 11. The number of carboxylic acid groups (broad SMARTS) is 1. The standard InChI is InChI=1S/C44H59ClN14O8S/c1-25-26(2)68-41-36(25)37(28-8-10-29(45)11-9-28)54-34(38-58-57-27(3)59(38)41)24-35(60)53-30-12-14-31(15-13-30)67-23-22-66-21-20-65-19-18-50-39(61)32(6-4-16-51-42(46)47)55-40(62)33(56-44(63)64)7-5-17-52-43(48)49/h8-15,32-34,56H,4-7,16-24H2,1-3H3,(H,50,61)(H,53,60)(H,55,62)(H,63,64)(H4,46,47,51)(H4,48,49,52)/t32?,33?,34-/m0/s1. The van der Waals surface area contributed by atoms with Crippen molar-refractivity contribution in [3.05, 3.63) is 86.8 Å². The fraction of sp³-hybridized carbons (Fsp3) is 0.432. The van der Waals surface area contributed by atoms with Gasteiger partial charge in [0.1, 0.15) is 41.3 Å². The number of aliphatic imine (C=N–C) groups is 1. The van der Waals surface area contributed by atoms with Crippen molar-refractivity contribution in [2.45, 2.75) is 71.0 Å². The van der Waals surface area contributed by atoms with Crippen molar-refractivity contribution in [1.29, 1.82) is 10.8 Å². The van der Waals surface area contributed by atoms with Gasteiger partial charge in [0.15, 0.2) is 17.7 Å². The molecule has 0 spiro atoms. The van der Waals surface area contributed by atoms with Gasteiger partial charge < -0.3 is 62.7 Å². The van der Waals surface area contributed by atoms with Crippen LogP contribution in [0.4, 0.5) is 10.5 Å². The molecular formula is C44H59ClN14O8S. The van der Waals surface area contributed by atoms with Crippen LogP contribution in [0.15, 0.2) is 53.5 Å². The number of carbonyl (C=O) groups excluding carboxylic acids is 3. The number of guanidine groups is 2. The van der Waals surface area contributed by atoms with E-state index < -0.39 is 36.0 Å². The Kier molecular flexibility index (Phi) is 19.9. The van der Waals surface area contributed by atoms with E-state index in [0.717, 1.165) is 32.3 Å². The highest BCUT2D eigenvalue weighted by Crippen LogP contribution is 2.39. The minimum Gasteiger partial charge on any atom is -0.491 e. The Balaban J connectivity index is 1.02. The molecule has 3 heterocycles. The molecule has 22 nitrogen and oxygen atoms in total. The van der Waals surface area contributed by atoms with Gasteiger partial charge in [0.05, 0.1) is 38.6 Å². The molecule has 2 unspecified atom stereocenters. The fourth-order valence-electron chi connectivity index (χ4n) is 7.08. The van der Waals surface area contributed by atoms with Crippen molar-refractivity contribution in [2.75, 3.05) is 58.0 Å². The van der Waals surface area contributed by atoms with E-state index in [2.05, 4.69) is 55.9 Å². The Labute approximate surface area is 402 Å². The van der Waals surface area contributed by atoms with Crippen molar-refractivity contribution >= 4 is 70.1 Å². The van der Waals surface area contributed by atoms with Gasteiger partial charge in [0.2, 0.25) is 17.7 Å². The lowest BCUT2D eigenvalue weighted by atomic mass is 9.99. The molecule has 3 atom stereocenters. The van der Waals surface area contributed by atoms with Gasteiger partial charge in [-0.1, -0.05) is 23.7 Å². The molecule has 0 aliphatic carbocycles.